The van der Waals surface area contributed by atoms with Crippen LogP contribution in [-0.4, -0.2) is 45.1 Å². The first kappa shape index (κ1) is 16.1. The first-order chi connectivity index (χ1) is 11.1. The summed E-state index contributed by atoms with van der Waals surface area (Å²) in [5.41, 5.74) is 3.71. The van der Waals surface area contributed by atoms with E-state index in [1.54, 1.807) is 7.11 Å². The summed E-state index contributed by atoms with van der Waals surface area (Å²) in [5.74, 6) is 1.40. The monoisotopic (exact) mass is 319 g/mol. The Morgan fingerprint density at radius 1 is 1.35 bits per heavy atom. The maximum atomic E-state index is 5.39. The van der Waals surface area contributed by atoms with Crippen molar-refractivity contribution in [2.75, 3.05) is 20.3 Å². The van der Waals surface area contributed by atoms with Gasteiger partial charge in [-0.3, -0.25) is 9.58 Å². The van der Waals surface area contributed by atoms with E-state index in [0.717, 1.165) is 18.7 Å². The molecule has 1 atom stereocenters. The van der Waals surface area contributed by atoms with E-state index in [1.807, 2.05) is 11.7 Å². The summed E-state index contributed by atoms with van der Waals surface area (Å²) in [6.45, 7) is 6.59. The molecule has 0 bridgehead atoms. The highest BCUT2D eigenvalue weighted by Crippen LogP contribution is 2.36. The third-order valence-electron chi connectivity index (χ3n) is 4.64. The molecule has 7 heteroatoms. The standard InChI is InChI=1S/C16H25N5O2/c1-11-16(12(2)20(3)18-11)13-6-5-8-21(13)10-15-17-14(19-23-15)7-9-22-4/h13H,5-10H2,1-4H3/t13-/m0/s1. The van der Waals surface area contributed by atoms with E-state index < -0.39 is 0 Å². The van der Waals surface area contributed by atoms with Crippen molar-refractivity contribution in [1.29, 1.82) is 0 Å². The summed E-state index contributed by atoms with van der Waals surface area (Å²) in [4.78, 5) is 6.89. The van der Waals surface area contributed by atoms with Gasteiger partial charge in [0.2, 0.25) is 5.89 Å². The molecule has 1 fully saturated rings. The average molecular weight is 319 g/mol. The number of nitrogens with zero attached hydrogens (tertiary/aromatic N) is 5. The van der Waals surface area contributed by atoms with E-state index in [9.17, 15) is 0 Å². The number of rotatable bonds is 6. The van der Waals surface area contributed by atoms with Crippen LogP contribution >= 0.6 is 0 Å². The van der Waals surface area contributed by atoms with E-state index in [1.165, 1.54) is 17.7 Å². The Morgan fingerprint density at radius 2 is 2.17 bits per heavy atom. The summed E-state index contributed by atoms with van der Waals surface area (Å²) in [7, 11) is 3.68. The molecule has 0 aromatic carbocycles. The second-order valence-corrected chi connectivity index (χ2v) is 6.18. The van der Waals surface area contributed by atoms with Crippen molar-refractivity contribution < 1.29 is 9.26 Å². The fourth-order valence-corrected chi connectivity index (χ4v) is 3.44. The lowest BCUT2D eigenvalue weighted by molar-refractivity contribution is 0.199. The van der Waals surface area contributed by atoms with Gasteiger partial charge in [0.25, 0.3) is 0 Å². The van der Waals surface area contributed by atoms with Crippen LogP contribution < -0.4 is 0 Å². The highest BCUT2D eigenvalue weighted by Gasteiger charge is 2.31. The molecular weight excluding hydrogens is 294 g/mol. The smallest absolute Gasteiger partial charge is 0.240 e. The first-order valence-electron chi connectivity index (χ1n) is 8.14. The molecule has 0 amide bonds. The lowest BCUT2D eigenvalue weighted by Gasteiger charge is -2.23. The Bertz CT molecular complexity index is 663. The normalized spacial score (nSPS) is 18.9. The van der Waals surface area contributed by atoms with Gasteiger partial charge < -0.3 is 9.26 Å². The van der Waals surface area contributed by atoms with Crippen LogP contribution in [0.3, 0.4) is 0 Å². The molecule has 0 saturated carbocycles. The first-order valence-corrected chi connectivity index (χ1v) is 8.14. The van der Waals surface area contributed by atoms with Gasteiger partial charge in [-0.15, -0.1) is 0 Å². The fourth-order valence-electron chi connectivity index (χ4n) is 3.44. The van der Waals surface area contributed by atoms with Crippen LogP contribution in [0.1, 0.15) is 47.5 Å². The lowest BCUT2D eigenvalue weighted by atomic mass is 10.0. The van der Waals surface area contributed by atoms with Crippen LogP contribution in [0.25, 0.3) is 0 Å². The predicted octanol–water partition coefficient (Wildman–Crippen LogP) is 1.95. The molecule has 0 N–H and O–H groups in total. The van der Waals surface area contributed by atoms with Gasteiger partial charge in [-0.1, -0.05) is 5.16 Å². The van der Waals surface area contributed by atoms with Crippen molar-refractivity contribution in [3.63, 3.8) is 0 Å². The molecule has 1 saturated heterocycles. The zero-order valence-corrected chi connectivity index (χ0v) is 14.4. The summed E-state index contributed by atoms with van der Waals surface area (Å²) >= 11 is 0. The van der Waals surface area contributed by atoms with Gasteiger partial charge in [0.15, 0.2) is 5.82 Å². The Labute approximate surface area is 136 Å². The van der Waals surface area contributed by atoms with Crippen molar-refractivity contribution in [3.05, 3.63) is 28.7 Å². The minimum Gasteiger partial charge on any atom is -0.384 e. The minimum absolute atomic E-state index is 0.387. The quantitative estimate of drug-likeness (QED) is 0.810. The molecule has 126 valence electrons. The topological polar surface area (TPSA) is 69.2 Å². The largest absolute Gasteiger partial charge is 0.384 e. The third-order valence-corrected chi connectivity index (χ3v) is 4.64. The minimum atomic E-state index is 0.387. The van der Waals surface area contributed by atoms with Crippen molar-refractivity contribution in [1.82, 2.24) is 24.8 Å². The van der Waals surface area contributed by atoms with Crippen molar-refractivity contribution >= 4 is 0 Å². The summed E-state index contributed by atoms with van der Waals surface area (Å²) in [6.07, 6.45) is 3.02. The summed E-state index contributed by atoms with van der Waals surface area (Å²) in [5, 5.41) is 8.58. The summed E-state index contributed by atoms with van der Waals surface area (Å²) in [6, 6.07) is 0.387. The highest BCUT2D eigenvalue weighted by molar-refractivity contribution is 5.29. The fraction of sp³-hybridized carbons (Fsp3) is 0.688. The van der Waals surface area contributed by atoms with Gasteiger partial charge >= 0.3 is 0 Å². The van der Waals surface area contributed by atoms with E-state index in [2.05, 4.69) is 34.0 Å². The molecule has 1 aliphatic rings. The number of methoxy groups -OCH3 is 1. The molecule has 2 aromatic heterocycles. The lowest BCUT2D eigenvalue weighted by Crippen LogP contribution is -2.23. The van der Waals surface area contributed by atoms with Crippen LogP contribution in [0.5, 0.6) is 0 Å². The maximum Gasteiger partial charge on any atom is 0.240 e. The molecule has 7 nitrogen and oxygen atoms in total. The zero-order valence-electron chi connectivity index (χ0n) is 14.4. The Kier molecular flexibility index (Phi) is 4.77. The third kappa shape index (κ3) is 3.30. The molecule has 23 heavy (non-hydrogen) atoms. The highest BCUT2D eigenvalue weighted by atomic mass is 16.5. The number of hydrogen-bond donors (Lipinski definition) is 0. The van der Waals surface area contributed by atoms with Crippen LogP contribution in [0.15, 0.2) is 4.52 Å². The van der Waals surface area contributed by atoms with Crippen LogP contribution in [0.2, 0.25) is 0 Å². The number of hydrogen-bond acceptors (Lipinski definition) is 6. The Morgan fingerprint density at radius 3 is 2.87 bits per heavy atom. The Hall–Kier alpha value is -1.73. The SMILES string of the molecule is COCCc1noc(CN2CCC[C@H]2c2c(C)nn(C)c2C)n1. The molecule has 3 rings (SSSR count). The molecule has 0 unspecified atom stereocenters. The van der Waals surface area contributed by atoms with Crippen molar-refractivity contribution in [3.8, 4) is 0 Å². The van der Waals surface area contributed by atoms with E-state index in [4.69, 9.17) is 9.26 Å². The number of likely N-dealkylation sites (tertiary alicyclic amines) is 1. The van der Waals surface area contributed by atoms with Crippen molar-refractivity contribution in [2.45, 2.75) is 45.7 Å². The average Bonchev–Trinajstić information content (AvgIpc) is 3.20. The van der Waals surface area contributed by atoms with Gasteiger partial charge in [0, 0.05) is 37.9 Å². The van der Waals surface area contributed by atoms with E-state index >= 15 is 0 Å². The zero-order chi connectivity index (χ0) is 16.4. The van der Waals surface area contributed by atoms with E-state index in [0.29, 0.717) is 37.3 Å². The molecule has 0 spiro atoms. The van der Waals surface area contributed by atoms with Crippen LogP contribution in [-0.2, 0) is 24.8 Å². The van der Waals surface area contributed by atoms with Crippen LogP contribution in [0, 0.1) is 13.8 Å². The molecule has 0 aliphatic carbocycles. The van der Waals surface area contributed by atoms with Gasteiger partial charge in [-0.05, 0) is 33.2 Å². The Balaban J connectivity index is 1.73. The number of aryl methyl sites for hydroxylation is 2. The molecule has 1 aliphatic heterocycles. The van der Waals surface area contributed by atoms with Gasteiger partial charge in [0.1, 0.15) is 0 Å². The summed E-state index contributed by atoms with van der Waals surface area (Å²) < 4.78 is 12.4. The second-order valence-electron chi connectivity index (χ2n) is 6.18. The molecular formula is C16H25N5O2. The maximum absolute atomic E-state index is 5.39. The van der Waals surface area contributed by atoms with E-state index in [-0.39, 0.29) is 0 Å². The second kappa shape index (κ2) is 6.80. The molecule has 3 heterocycles. The van der Waals surface area contributed by atoms with Gasteiger partial charge in [-0.2, -0.15) is 10.1 Å². The van der Waals surface area contributed by atoms with Crippen LogP contribution in [0.4, 0.5) is 0 Å². The molecule has 2 aromatic rings. The number of ether oxygens (including phenoxy) is 1. The van der Waals surface area contributed by atoms with Crippen molar-refractivity contribution in [2.24, 2.45) is 7.05 Å². The molecule has 0 radical (unpaired) electrons. The van der Waals surface area contributed by atoms with Gasteiger partial charge in [0.05, 0.1) is 18.8 Å². The predicted molar refractivity (Wildman–Crippen MR) is 84.9 cm³/mol. The van der Waals surface area contributed by atoms with Gasteiger partial charge in [-0.25, -0.2) is 0 Å². The number of aromatic nitrogens is 4.